The first-order valence-electron chi connectivity index (χ1n) is 8.08. The number of hydrogen-bond acceptors (Lipinski definition) is 3. The van der Waals surface area contributed by atoms with Crippen LogP contribution in [0.25, 0.3) is 0 Å². The van der Waals surface area contributed by atoms with E-state index in [-0.39, 0.29) is 12.0 Å². The highest BCUT2D eigenvalue weighted by atomic mass is 35.5. The van der Waals surface area contributed by atoms with Gasteiger partial charge < -0.3 is 10.0 Å². The van der Waals surface area contributed by atoms with Crippen molar-refractivity contribution in [2.24, 2.45) is 0 Å². The summed E-state index contributed by atoms with van der Waals surface area (Å²) in [5.74, 6) is 0.139. The van der Waals surface area contributed by atoms with E-state index in [2.05, 4.69) is 4.90 Å². The van der Waals surface area contributed by atoms with Crippen molar-refractivity contribution in [3.8, 4) is 0 Å². The number of nitrogens with zero attached hydrogens (tertiary/aromatic N) is 2. The Kier molecular flexibility index (Phi) is 5.01. The van der Waals surface area contributed by atoms with Crippen molar-refractivity contribution in [2.45, 2.75) is 37.8 Å². The molecule has 1 N–H and O–H groups in total. The zero-order valence-electron chi connectivity index (χ0n) is 12.7. The van der Waals surface area contributed by atoms with Gasteiger partial charge in [-0.1, -0.05) is 29.8 Å². The molecule has 4 nitrogen and oxygen atoms in total. The van der Waals surface area contributed by atoms with E-state index in [4.69, 9.17) is 11.6 Å². The molecule has 0 bridgehead atoms. The minimum absolute atomic E-state index is 0.139. The fourth-order valence-corrected chi connectivity index (χ4v) is 3.77. The molecule has 1 aliphatic heterocycles. The third-order valence-electron chi connectivity index (χ3n) is 4.88. The van der Waals surface area contributed by atoms with Crippen molar-refractivity contribution >= 4 is 17.5 Å². The number of piperazine rings is 1. The van der Waals surface area contributed by atoms with Gasteiger partial charge in [0.25, 0.3) is 0 Å². The van der Waals surface area contributed by atoms with Crippen LogP contribution in [0.2, 0.25) is 5.02 Å². The molecule has 22 heavy (non-hydrogen) atoms. The van der Waals surface area contributed by atoms with Gasteiger partial charge in [-0.25, -0.2) is 0 Å². The fourth-order valence-electron chi connectivity index (χ4n) is 3.57. The van der Waals surface area contributed by atoms with Crippen LogP contribution in [0.15, 0.2) is 24.3 Å². The summed E-state index contributed by atoms with van der Waals surface area (Å²) in [6, 6.07) is 7.81. The molecule has 0 unspecified atom stereocenters. The summed E-state index contributed by atoms with van der Waals surface area (Å²) in [5, 5.41) is 10.7. The Balaban J connectivity index is 1.53. The largest absolute Gasteiger partial charge is 0.391 e. The molecule has 0 aromatic heterocycles. The fraction of sp³-hybridized carbons (Fsp3) is 0.588. The Morgan fingerprint density at radius 1 is 1.18 bits per heavy atom. The number of amides is 1. The van der Waals surface area contributed by atoms with E-state index in [0.29, 0.717) is 17.5 Å². The van der Waals surface area contributed by atoms with Crippen LogP contribution >= 0.6 is 11.6 Å². The molecule has 3 rings (SSSR count). The van der Waals surface area contributed by atoms with Crippen molar-refractivity contribution in [1.82, 2.24) is 9.80 Å². The maximum atomic E-state index is 12.4. The van der Waals surface area contributed by atoms with Gasteiger partial charge in [-0.15, -0.1) is 0 Å². The third-order valence-corrected chi connectivity index (χ3v) is 5.25. The van der Waals surface area contributed by atoms with E-state index in [1.54, 1.807) is 0 Å². The topological polar surface area (TPSA) is 43.8 Å². The summed E-state index contributed by atoms with van der Waals surface area (Å²) >= 11 is 6.13. The molecule has 1 aromatic carbocycles. The second kappa shape index (κ2) is 6.99. The van der Waals surface area contributed by atoms with E-state index in [0.717, 1.165) is 51.0 Å². The van der Waals surface area contributed by atoms with E-state index in [1.165, 1.54) is 0 Å². The summed E-state index contributed by atoms with van der Waals surface area (Å²) in [6.45, 7) is 3.20. The quantitative estimate of drug-likeness (QED) is 0.925. The lowest BCUT2D eigenvalue weighted by Crippen LogP contribution is -2.53. The van der Waals surface area contributed by atoms with Crippen LogP contribution in [0.3, 0.4) is 0 Å². The average Bonchev–Trinajstić information content (AvgIpc) is 2.96. The Bertz CT molecular complexity index is 529. The number of aliphatic hydroxyl groups is 1. The second-order valence-corrected chi connectivity index (χ2v) is 6.66. The van der Waals surface area contributed by atoms with Gasteiger partial charge in [-0.3, -0.25) is 9.69 Å². The molecule has 1 saturated heterocycles. The Morgan fingerprint density at radius 2 is 1.91 bits per heavy atom. The number of carbonyl (C=O) groups excluding carboxylic acids is 1. The van der Waals surface area contributed by atoms with Crippen LogP contribution in [0.4, 0.5) is 0 Å². The molecule has 2 fully saturated rings. The van der Waals surface area contributed by atoms with E-state index in [1.807, 2.05) is 29.2 Å². The normalized spacial score (nSPS) is 26.4. The van der Waals surface area contributed by atoms with Crippen LogP contribution in [-0.2, 0) is 11.2 Å². The molecular formula is C17H23ClN2O2. The van der Waals surface area contributed by atoms with Gasteiger partial charge in [0, 0.05) is 37.2 Å². The molecule has 2 aliphatic rings. The molecule has 2 atom stereocenters. The van der Waals surface area contributed by atoms with Crippen molar-refractivity contribution in [1.29, 1.82) is 0 Å². The van der Waals surface area contributed by atoms with Gasteiger partial charge in [0.15, 0.2) is 0 Å². The molecule has 1 aromatic rings. The van der Waals surface area contributed by atoms with Crippen LogP contribution in [0.5, 0.6) is 0 Å². The highest BCUT2D eigenvalue weighted by molar-refractivity contribution is 6.31. The smallest absolute Gasteiger partial charge is 0.227 e. The van der Waals surface area contributed by atoms with E-state index >= 15 is 0 Å². The third kappa shape index (κ3) is 3.45. The van der Waals surface area contributed by atoms with Gasteiger partial charge in [0.1, 0.15) is 0 Å². The Morgan fingerprint density at radius 3 is 2.55 bits per heavy atom. The van der Waals surface area contributed by atoms with E-state index < -0.39 is 0 Å². The summed E-state index contributed by atoms with van der Waals surface area (Å²) in [6.07, 6.45) is 3.28. The first-order valence-corrected chi connectivity index (χ1v) is 8.46. The standard InChI is InChI=1S/C17H23ClN2O2/c18-14-5-2-1-4-13(14)12-17(22)20-10-8-19(9-11-20)15-6-3-7-16(15)21/h1-2,4-5,15-16,21H,3,6-12H2/t15-,16-/m0/s1. The first kappa shape index (κ1) is 15.8. The lowest BCUT2D eigenvalue weighted by molar-refractivity contribution is -0.132. The number of benzene rings is 1. The van der Waals surface area contributed by atoms with Crippen molar-refractivity contribution in [2.75, 3.05) is 26.2 Å². The second-order valence-electron chi connectivity index (χ2n) is 6.25. The number of halogens is 1. The average molecular weight is 323 g/mol. The molecule has 120 valence electrons. The van der Waals surface area contributed by atoms with Gasteiger partial charge in [-0.2, -0.15) is 0 Å². The van der Waals surface area contributed by atoms with Gasteiger partial charge in [0.05, 0.1) is 12.5 Å². The minimum Gasteiger partial charge on any atom is -0.391 e. The number of hydrogen-bond donors (Lipinski definition) is 1. The highest BCUT2D eigenvalue weighted by Gasteiger charge is 2.33. The molecule has 1 aliphatic carbocycles. The Labute approximate surface area is 136 Å². The molecule has 0 radical (unpaired) electrons. The molecule has 5 heteroatoms. The zero-order valence-corrected chi connectivity index (χ0v) is 13.5. The number of carbonyl (C=O) groups is 1. The summed E-state index contributed by atoms with van der Waals surface area (Å²) in [7, 11) is 0. The minimum atomic E-state index is -0.189. The first-order chi connectivity index (χ1) is 10.6. The van der Waals surface area contributed by atoms with Crippen LogP contribution < -0.4 is 0 Å². The maximum absolute atomic E-state index is 12.4. The van der Waals surface area contributed by atoms with Crippen molar-refractivity contribution in [3.63, 3.8) is 0 Å². The van der Waals surface area contributed by atoms with Gasteiger partial charge in [0.2, 0.25) is 5.91 Å². The van der Waals surface area contributed by atoms with Crippen LogP contribution in [0.1, 0.15) is 24.8 Å². The summed E-state index contributed by atoms with van der Waals surface area (Å²) in [4.78, 5) is 16.7. The van der Waals surface area contributed by atoms with Gasteiger partial charge >= 0.3 is 0 Å². The van der Waals surface area contributed by atoms with Crippen molar-refractivity contribution < 1.29 is 9.90 Å². The lowest BCUT2D eigenvalue weighted by Gasteiger charge is -2.39. The molecule has 1 amide bonds. The molecular weight excluding hydrogens is 300 g/mol. The summed E-state index contributed by atoms with van der Waals surface area (Å²) < 4.78 is 0. The van der Waals surface area contributed by atoms with Crippen molar-refractivity contribution in [3.05, 3.63) is 34.9 Å². The van der Waals surface area contributed by atoms with Crippen LogP contribution in [-0.4, -0.2) is 59.1 Å². The molecule has 1 saturated carbocycles. The predicted octanol–water partition coefficient (Wildman–Crippen LogP) is 1.94. The highest BCUT2D eigenvalue weighted by Crippen LogP contribution is 2.25. The number of rotatable bonds is 3. The lowest BCUT2D eigenvalue weighted by atomic mass is 10.1. The maximum Gasteiger partial charge on any atom is 0.227 e. The van der Waals surface area contributed by atoms with E-state index in [9.17, 15) is 9.90 Å². The SMILES string of the molecule is O=C(Cc1ccccc1Cl)N1CCN([C@H]2CCC[C@@H]2O)CC1. The molecule has 0 spiro atoms. The Hall–Kier alpha value is -1.10. The van der Waals surface area contributed by atoms with Crippen LogP contribution in [0, 0.1) is 0 Å². The predicted molar refractivity (Wildman–Crippen MR) is 87.0 cm³/mol. The zero-order chi connectivity index (χ0) is 15.5. The monoisotopic (exact) mass is 322 g/mol. The summed E-state index contributed by atoms with van der Waals surface area (Å²) in [5.41, 5.74) is 0.891. The molecule has 1 heterocycles. The number of aliphatic hydroxyl groups excluding tert-OH is 1. The van der Waals surface area contributed by atoms with Gasteiger partial charge in [-0.05, 0) is 30.9 Å².